The molecule has 0 amide bonds. The third-order valence-electron chi connectivity index (χ3n) is 3.21. The predicted octanol–water partition coefficient (Wildman–Crippen LogP) is 4.01. The van der Waals surface area contributed by atoms with Gasteiger partial charge in [-0.1, -0.05) is 51.1 Å². The van der Waals surface area contributed by atoms with Crippen molar-refractivity contribution in [1.29, 1.82) is 0 Å². The van der Waals surface area contributed by atoms with Crippen LogP contribution in [0, 0.1) is 0 Å². The normalized spacial score (nSPS) is 12.1. The van der Waals surface area contributed by atoms with Crippen LogP contribution in [0.15, 0.2) is 30.3 Å². The molecule has 0 spiro atoms. The fourth-order valence-corrected chi connectivity index (χ4v) is 2.31. The van der Waals surface area contributed by atoms with E-state index < -0.39 is 0 Å². The molecule has 3 nitrogen and oxygen atoms in total. The number of anilines is 1. The van der Waals surface area contributed by atoms with Crippen molar-refractivity contribution in [1.82, 2.24) is 9.55 Å². The molecule has 2 rings (SSSR count). The van der Waals surface area contributed by atoms with Crippen molar-refractivity contribution in [2.24, 2.45) is 0 Å². The molecule has 0 atom stereocenters. The fourth-order valence-electron chi connectivity index (χ4n) is 2.31. The topological polar surface area (TPSA) is 43.8 Å². The highest BCUT2D eigenvalue weighted by atomic mass is 15.2. The quantitative estimate of drug-likeness (QED) is 0.883. The Morgan fingerprint density at radius 1 is 1.11 bits per heavy atom. The van der Waals surface area contributed by atoms with Gasteiger partial charge in [-0.25, -0.2) is 4.98 Å². The molecule has 19 heavy (non-hydrogen) atoms. The highest BCUT2D eigenvalue weighted by Gasteiger charge is 2.26. The lowest BCUT2D eigenvalue weighted by atomic mass is 9.92. The van der Waals surface area contributed by atoms with Gasteiger partial charge in [0.2, 0.25) is 0 Å². The molecular formula is C16H23N3. The Morgan fingerprint density at radius 3 is 2.16 bits per heavy atom. The van der Waals surface area contributed by atoms with Gasteiger partial charge in [-0.3, -0.25) is 0 Å². The van der Waals surface area contributed by atoms with Crippen LogP contribution in [0.5, 0.6) is 0 Å². The number of nitrogens with zero attached hydrogens (tertiary/aromatic N) is 2. The number of hydrogen-bond acceptors (Lipinski definition) is 2. The maximum absolute atomic E-state index is 6.33. The van der Waals surface area contributed by atoms with Crippen molar-refractivity contribution >= 4 is 5.82 Å². The minimum absolute atomic E-state index is 0.0479. The number of aromatic nitrogens is 2. The summed E-state index contributed by atoms with van der Waals surface area (Å²) in [5.74, 6) is 1.74. The lowest BCUT2D eigenvalue weighted by Crippen LogP contribution is -2.15. The number of imidazole rings is 1. The lowest BCUT2D eigenvalue weighted by molar-refractivity contribution is 0.570. The number of nitrogens with two attached hydrogens (primary N) is 1. The highest BCUT2D eigenvalue weighted by molar-refractivity contribution is 5.61. The van der Waals surface area contributed by atoms with Crippen LogP contribution < -0.4 is 5.73 Å². The van der Waals surface area contributed by atoms with Crippen molar-refractivity contribution < 1.29 is 0 Å². The van der Waals surface area contributed by atoms with Crippen LogP contribution in [0.2, 0.25) is 0 Å². The average molecular weight is 257 g/mol. The summed E-state index contributed by atoms with van der Waals surface area (Å²) in [6.07, 6.45) is 0. The number of rotatable bonds is 2. The molecule has 0 aliphatic carbocycles. The van der Waals surface area contributed by atoms with Gasteiger partial charge in [0.25, 0.3) is 0 Å². The Morgan fingerprint density at radius 2 is 1.68 bits per heavy atom. The van der Waals surface area contributed by atoms with E-state index in [1.54, 1.807) is 0 Å². The number of nitrogen functional groups attached to an aromatic ring is 1. The second-order valence-corrected chi connectivity index (χ2v) is 6.25. The van der Waals surface area contributed by atoms with Crippen LogP contribution in [-0.2, 0) is 5.41 Å². The van der Waals surface area contributed by atoms with Crippen LogP contribution in [0.3, 0.4) is 0 Å². The summed E-state index contributed by atoms with van der Waals surface area (Å²) < 4.78 is 2.12. The summed E-state index contributed by atoms with van der Waals surface area (Å²) in [5.41, 5.74) is 8.36. The van der Waals surface area contributed by atoms with E-state index in [0.717, 1.165) is 22.9 Å². The van der Waals surface area contributed by atoms with E-state index in [0.29, 0.717) is 6.04 Å². The molecule has 2 N–H and O–H groups in total. The smallest absolute Gasteiger partial charge is 0.142 e. The third kappa shape index (κ3) is 2.50. The monoisotopic (exact) mass is 257 g/mol. The first-order valence-corrected chi connectivity index (χ1v) is 6.76. The van der Waals surface area contributed by atoms with E-state index in [2.05, 4.69) is 51.3 Å². The first-order valence-electron chi connectivity index (χ1n) is 6.76. The van der Waals surface area contributed by atoms with Gasteiger partial charge in [0, 0.05) is 17.0 Å². The molecular weight excluding hydrogens is 234 g/mol. The molecule has 0 saturated carbocycles. The van der Waals surface area contributed by atoms with Gasteiger partial charge >= 0.3 is 0 Å². The van der Waals surface area contributed by atoms with E-state index in [-0.39, 0.29) is 5.41 Å². The molecule has 0 radical (unpaired) electrons. The van der Waals surface area contributed by atoms with Gasteiger partial charge in [0.15, 0.2) is 0 Å². The SMILES string of the molecule is CC(C)n1c(-c2ccccc2)nc(C(C)(C)C)c1N. The second kappa shape index (κ2) is 4.72. The Labute approximate surface area is 115 Å². The molecule has 0 aliphatic rings. The summed E-state index contributed by atoms with van der Waals surface area (Å²) in [5, 5.41) is 0. The van der Waals surface area contributed by atoms with Crippen molar-refractivity contribution in [2.45, 2.75) is 46.1 Å². The predicted molar refractivity (Wildman–Crippen MR) is 81.2 cm³/mol. The first-order chi connectivity index (χ1) is 8.82. The first kappa shape index (κ1) is 13.7. The van der Waals surface area contributed by atoms with E-state index in [1.165, 1.54) is 0 Å². The summed E-state index contributed by atoms with van der Waals surface area (Å²) in [6, 6.07) is 10.5. The fraction of sp³-hybridized carbons (Fsp3) is 0.438. The van der Waals surface area contributed by atoms with E-state index in [9.17, 15) is 0 Å². The Balaban J connectivity index is 2.68. The highest BCUT2D eigenvalue weighted by Crippen LogP contribution is 2.34. The molecule has 3 heteroatoms. The van der Waals surface area contributed by atoms with Crippen LogP contribution in [-0.4, -0.2) is 9.55 Å². The Bertz CT molecular complexity index is 560. The van der Waals surface area contributed by atoms with Crippen LogP contribution in [0.25, 0.3) is 11.4 Å². The lowest BCUT2D eigenvalue weighted by Gasteiger charge is -2.17. The largest absolute Gasteiger partial charge is 0.384 e. The zero-order chi connectivity index (χ0) is 14.2. The van der Waals surface area contributed by atoms with Crippen molar-refractivity contribution in [2.75, 3.05) is 5.73 Å². The number of benzene rings is 1. The minimum atomic E-state index is -0.0479. The third-order valence-corrected chi connectivity index (χ3v) is 3.21. The molecule has 1 aromatic heterocycles. The minimum Gasteiger partial charge on any atom is -0.384 e. The van der Waals surface area contributed by atoms with Gasteiger partial charge in [-0.15, -0.1) is 0 Å². The zero-order valence-electron chi connectivity index (χ0n) is 12.4. The average Bonchev–Trinajstić information content (AvgIpc) is 2.68. The van der Waals surface area contributed by atoms with Gasteiger partial charge in [-0.05, 0) is 13.8 Å². The second-order valence-electron chi connectivity index (χ2n) is 6.25. The molecule has 0 saturated heterocycles. The molecule has 2 aromatic rings. The molecule has 0 fully saturated rings. The van der Waals surface area contributed by atoms with Gasteiger partial charge in [0.05, 0.1) is 5.69 Å². The zero-order valence-corrected chi connectivity index (χ0v) is 12.4. The Kier molecular flexibility index (Phi) is 3.40. The standard InChI is InChI=1S/C16H23N3/c1-11(2)19-14(17)13(16(3,4)5)18-15(19)12-9-7-6-8-10-12/h6-11H,17H2,1-5H3. The summed E-state index contributed by atoms with van der Waals surface area (Å²) in [4.78, 5) is 4.81. The summed E-state index contributed by atoms with van der Waals surface area (Å²) >= 11 is 0. The van der Waals surface area contributed by atoms with Gasteiger partial charge in [0.1, 0.15) is 11.6 Å². The van der Waals surface area contributed by atoms with Crippen LogP contribution in [0.4, 0.5) is 5.82 Å². The van der Waals surface area contributed by atoms with E-state index in [1.807, 2.05) is 18.2 Å². The molecule has 0 unspecified atom stereocenters. The van der Waals surface area contributed by atoms with E-state index in [4.69, 9.17) is 10.7 Å². The maximum atomic E-state index is 6.33. The Hall–Kier alpha value is -1.77. The molecule has 1 aromatic carbocycles. The van der Waals surface area contributed by atoms with Crippen molar-refractivity contribution in [3.8, 4) is 11.4 Å². The molecule has 102 valence electrons. The summed E-state index contributed by atoms with van der Waals surface area (Å²) in [7, 11) is 0. The number of hydrogen-bond donors (Lipinski definition) is 1. The molecule has 0 bridgehead atoms. The van der Waals surface area contributed by atoms with Gasteiger partial charge < -0.3 is 10.3 Å². The van der Waals surface area contributed by atoms with Crippen LogP contribution in [0.1, 0.15) is 46.4 Å². The summed E-state index contributed by atoms with van der Waals surface area (Å²) in [6.45, 7) is 10.7. The van der Waals surface area contributed by atoms with Crippen molar-refractivity contribution in [3.63, 3.8) is 0 Å². The van der Waals surface area contributed by atoms with Crippen molar-refractivity contribution in [3.05, 3.63) is 36.0 Å². The van der Waals surface area contributed by atoms with Gasteiger partial charge in [-0.2, -0.15) is 0 Å². The van der Waals surface area contributed by atoms with Crippen LogP contribution >= 0.6 is 0 Å². The molecule has 0 aliphatic heterocycles. The maximum Gasteiger partial charge on any atom is 0.142 e. The molecule has 1 heterocycles. The van der Waals surface area contributed by atoms with E-state index >= 15 is 0 Å².